The highest BCUT2D eigenvalue weighted by atomic mass is 35.5. The highest BCUT2D eigenvalue weighted by Gasteiger charge is 2.31. The van der Waals surface area contributed by atoms with Crippen molar-refractivity contribution in [2.45, 2.75) is 12.8 Å². The van der Waals surface area contributed by atoms with Crippen molar-refractivity contribution in [1.29, 1.82) is 0 Å². The lowest BCUT2D eigenvalue weighted by Gasteiger charge is -2.29. The molecule has 1 aliphatic rings. The van der Waals surface area contributed by atoms with E-state index in [9.17, 15) is 18.0 Å². The molecule has 1 saturated heterocycles. The van der Waals surface area contributed by atoms with Crippen LogP contribution in [-0.4, -0.2) is 68.7 Å². The molecule has 3 aromatic rings. The van der Waals surface area contributed by atoms with Crippen molar-refractivity contribution in [2.75, 3.05) is 51.4 Å². The van der Waals surface area contributed by atoms with E-state index in [4.69, 9.17) is 9.47 Å². The van der Waals surface area contributed by atoms with Crippen molar-refractivity contribution in [3.05, 3.63) is 48.0 Å². The van der Waals surface area contributed by atoms with Crippen molar-refractivity contribution in [2.24, 2.45) is 0 Å². The van der Waals surface area contributed by atoms with Crippen LogP contribution < -0.4 is 14.4 Å². The molecule has 0 N–H and O–H groups in total. The molecule has 0 bridgehead atoms. The Labute approximate surface area is 210 Å². The molecule has 12 heteroatoms. The van der Waals surface area contributed by atoms with Crippen LogP contribution in [0.3, 0.4) is 0 Å². The molecule has 35 heavy (non-hydrogen) atoms. The average Bonchev–Trinajstić information content (AvgIpc) is 3.22. The minimum atomic E-state index is -4.78. The monoisotopic (exact) mass is 531 g/mol. The van der Waals surface area contributed by atoms with Gasteiger partial charge in [0.15, 0.2) is 5.13 Å². The Bertz CT molecular complexity index is 1120. The maximum absolute atomic E-state index is 13.3. The van der Waals surface area contributed by atoms with Crippen LogP contribution in [0.2, 0.25) is 0 Å². The number of benzene rings is 2. The largest absolute Gasteiger partial charge is 0.573 e. The fourth-order valence-electron chi connectivity index (χ4n) is 3.61. The first-order chi connectivity index (χ1) is 16.3. The number of alkyl halides is 3. The number of thiazole rings is 1. The van der Waals surface area contributed by atoms with Gasteiger partial charge in [0.1, 0.15) is 11.5 Å². The zero-order valence-electron chi connectivity index (χ0n) is 18.9. The van der Waals surface area contributed by atoms with E-state index in [1.165, 1.54) is 18.2 Å². The Morgan fingerprint density at radius 2 is 1.83 bits per heavy atom. The normalized spacial score (nSPS) is 14.4. The first kappa shape index (κ1) is 27.0. The molecule has 4 rings (SSSR count). The van der Waals surface area contributed by atoms with Crippen molar-refractivity contribution in [3.63, 3.8) is 0 Å². The van der Waals surface area contributed by atoms with Gasteiger partial charge in [-0.25, -0.2) is 4.98 Å². The quantitative estimate of drug-likeness (QED) is 0.425. The molecule has 0 spiro atoms. The van der Waals surface area contributed by atoms with E-state index in [2.05, 4.69) is 14.6 Å². The number of anilines is 1. The second-order valence-corrected chi connectivity index (χ2v) is 8.71. The number of halogens is 4. The van der Waals surface area contributed by atoms with Gasteiger partial charge in [0, 0.05) is 32.2 Å². The van der Waals surface area contributed by atoms with Gasteiger partial charge in [-0.3, -0.25) is 14.6 Å². The van der Waals surface area contributed by atoms with E-state index in [-0.39, 0.29) is 30.5 Å². The number of morpholine rings is 1. The predicted molar refractivity (Wildman–Crippen MR) is 130 cm³/mol. The standard InChI is InChI=1S/C23H24F3N3O4S.ClH/c1-31-17-4-2-16(3-5-17)14-21(30)29(9-8-28-10-12-32-13-11-28)22-27-19-7-6-18(15-20(19)34-22)33-23(24,25)26;/h2-7,15H,8-14H2,1H3;1H. The third kappa shape index (κ3) is 7.44. The van der Waals surface area contributed by atoms with E-state index < -0.39 is 6.36 Å². The number of methoxy groups -OCH3 is 1. The zero-order valence-corrected chi connectivity index (χ0v) is 20.5. The van der Waals surface area contributed by atoms with Crippen LogP contribution in [0.5, 0.6) is 11.5 Å². The molecule has 2 aromatic carbocycles. The van der Waals surface area contributed by atoms with Crippen molar-refractivity contribution in [1.82, 2.24) is 9.88 Å². The molecule has 2 heterocycles. The van der Waals surface area contributed by atoms with E-state index >= 15 is 0 Å². The zero-order chi connectivity index (χ0) is 24.1. The Kier molecular flexibility index (Phi) is 9.17. The van der Waals surface area contributed by atoms with Gasteiger partial charge in [0.05, 0.1) is 37.0 Å². The molecule has 190 valence electrons. The summed E-state index contributed by atoms with van der Waals surface area (Å²) in [6, 6.07) is 11.2. The molecule has 7 nitrogen and oxygen atoms in total. The molecule has 1 amide bonds. The number of aromatic nitrogens is 1. The lowest BCUT2D eigenvalue weighted by molar-refractivity contribution is -0.274. The number of carbonyl (C=O) groups excluding carboxylic acids is 1. The Morgan fingerprint density at radius 1 is 1.14 bits per heavy atom. The molecule has 1 aromatic heterocycles. The van der Waals surface area contributed by atoms with Gasteiger partial charge in [-0.15, -0.1) is 25.6 Å². The summed E-state index contributed by atoms with van der Waals surface area (Å²) in [4.78, 5) is 21.7. The molecule has 1 fully saturated rings. The summed E-state index contributed by atoms with van der Waals surface area (Å²) in [5.41, 5.74) is 1.33. The number of ether oxygens (including phenoxy) is 3. The summed E-state index contributed by atoms with van der Waals surface area (Å²) in [6.45, 7) is 3.87. The number of rotatable bonds is 8. The topological polar surface area (TPSA) is 64.1 Å². The minimum Gasteiger partial charge on any atom is -0.497 e. The summed E-state index contributed by atoms with van der Waals surface area (Å²) < 4.78 is 52.9. The molecular formula is C23H25ClF3N3O4S. The van der Waals surface area contributed by atoms with E-state index in [0.717, 1.165) is 30.0 Å². The van der Waals surface area contributed by atoms with Crippen LogP contribution in [0.25, 0.3) is 10.2 Å². The number of carbonyl (C=O) groups is 1. The van der Waals surface area contributed by atoms with Gasteiger partial charge in [0.25, 0.3) is 0 Å². The summed E-state index contributed by atoms with van der Waals surface area (Å²) in [6.07, 6.45) is -4.62. The summed E-state index contributed by atoms with van der Waals surface area (Å²) in [7, 11) is 1.58. The third-order valence-electron chi connectivity index (χ3n) is 5.37. The smallest absolute Gasteiger partial charge is 0.497 e. The number of fused-ring (bicyclic) bond motifs is 1. The maximum Gasteiger partial charge on any atom is 0.573 e. The van der Waals surface area contributed by atoms with Crippen molar-refractivity contribution < 1.29 is 32.2 Å². The molecule has 0 atom stereocenters. The lowest BCUT2D eigenvalue weighted by atomic mass is 10.1. The SMILES string of the molecule is COc1ccc(CC(=O)N(CCN2CCOCC2)c2nc3ccc(OC(F)(F)F)cc3s2)cc1.Cl. The van der Waals surface area contributed by atoms with Gasteiger partial charge >= 0.3 is 6.36 Å². The molecule has 1 aliphatic heterocycles. The summed E-state index contributed by atoms with van der Waals surface area (Å²) >= 11 is 1.16. The highest BCUT2D eigenvalue weighted by Crippen LogP contribution is 2.33. The van der Waals surface area contributed by atoms with Crippen LogP contribution in [0.1, 0.15) is 5.56 Å². The molecule has 0 radical (unpaired) electrons. The van der Waals surface area contributed by atoms with Crippen LogP contribution in [-0.2, 0) is 16.0 Å². The predicted octanol–water partition coefficient (Wildman–Crippen LogP) is 4.53. The molecular weight excluding hydrogens is 507 g/mol. The number of nitrogens with zero attached hydrogens (tertiary/aromatic N) is 3. The Balaban J connectivity index is 0.00000342. The van der Waals surface area contributed by atoms with Crippen LogP contribution in [0.15, 0.2) is 42.5 Å². The van der Waals surface area contributed by atoms with E-state index in [1.54, 1.807) is 24.1 Å². The second kappa shape index (κ2) is 11.9. The van der Waals surface area contributed by atoms with Crippen LogP contribution in [0.4, 0.5) is 18.3 Å². The molecule has 0 saturated carbocycles. The first-order valence-corrected chi connectivity index (χ1v) is 11.5. The summed E-state index contributed by atoms with van der Waals surface area (Å²) in [5.74, 6) is 0.229. The van der Waals surface area contributed by atoms with Gasteiger partial charge in [-0.2, -0.15) is 0 Å². The average molecular weight is 532 g/mol. The number of hydrogen-bond acceptors (Lipinski definition) is 7. The van der Waals surface area contributed by atoms with E-state index in [1.807, 2.05) is 12.1 Å². The van der Waals surface area contributed by atoms with Crippen LogP contribution >= 0.6 is 23.7 Å². The lowest BCUT2D eigenvalue weighted by Crippen LogP contribution is -2.43. The highest BCUT2D eigenvalue weighted by molar-refractivity contribution is 7.22. The summed E-state index contributed by atoms with van der Waals surface area (Å²) in [5, 5.41) is 0.436. The van der Waals surface area contributed by atoms with Gasteiger partial charge < -0.3 is 14.2 Å². The van der Waals surface area contributed by atoms with Crippen molar-refractivity contribution >= 4 is 45.0 Å². The van der Waals surface area contributed by atoms with E-state index in [0.29, 0.717) is 47.4 Å². The van der Waals surface area contributed by atoms with Crippen molar-refractivity contribution in [3.8, 4) is 11.5 Å². The number of amides is 1. The molecule has 0 aliphatic carbocycles. The van der Waals surface area contributed by atoms with Gasteiger partial charge in [-0.1, -0.05) is 23.5 Å². The second-order valence-electron chi connectivity index (χ2n) is 7.70. The first-order valence-electron chi connectivity index (χ1n) is 10.7. The fourth-order valence-corrected chi connectivity index (χ4v) is 4.65. The number of hydrogen-bond donors (Lipinski definition) is 0. The maximum atomic E-state index is 13.3. The Hall–Kier alpha value is -2.60. The third-order valence-corrected chi connectivity index (χ3v) is 6.41. The van der Waals surface area contributed by atoms with Gasteiger partial charge in [0.2, 0.25) is 5.91 Å². The van der Waals surface area contributed by atoms with Crippen LogP contribution in [0, 0.1) is 0 Å². The fraction of sp³-hybridized carbons (Fsp3) is 0.391. The Morgan fingerprint density at radius 3 is 2.49 bits per heavy atom. The molecule has 0 unspecified atom stereocenters. The van der Waals surface area contributed by atoms with Gasteiger partial charge in [-0.05, 0) is 29.8 Å². The minimum absolute atomic E-state index is 0.